The first-order chi connectivity index (χ1) is 13.5. The number of carbonyl (C=O) groups excluding carboxylic acids is 1. The molecule has 0 aliphatic heterocycles. The van der Waals surface area contributed by atoms with Gasteiger partial charge in [0.25, 0.3) is 11.7 Å². The number of aromatic hydroxyl groups is 1. The maximum Gasteiger partial charge on any atom is 0.263 e. The summed E-state index contributed by atoms with van der Waals surface area (Å²) in [6.07, 6.45) is 1.39. The normalized spacial score (nSPS) is 11.3. The molecule has 0 aliphatic rings. The Labute approximate surface area is 155 Å². The highest BCUT2D eigenvalue weighted by molar-refractivity contribution is 5.84. The molecular formula is C13H13N11O4. The Morgan fingerprint density at radius 3 is 2.50 bits per heavy atom. The van der Waals surface area contributed by atoms with Crippen LogP contribution in [0.15, 0.2) is 49.0 Å². The average molecular weight is 387 g/mol. The fourth-order valence-electron chi connectivity index (χ4n) is 1.79. The fourth-order valence-corrected chi connectivity index (χ4v) is 1.79. The lowest BCUT2D eigenvalue weighted by molar-refractivity contribution is -0.119. The Kier molecular flexibility index (Phi) is 5.35. The molecule has 3 aromatic rings. The quantitative estimate of drug-likeness (QED) is 0.239. The lowest BCUT2D eigenvalue weighted by Gasteiger charge is -2.12. The Hall–Kier alpha value is -4.56. The summed E-state index contributed by atoms with van der Waals surface area (Å²) in [6.45, 7) is -0.389. The van der Waals surface area contributed by atoms with Gasteiger partial charge in [-0.3, -0.25) is 4.79 Å². The minimum Gasteiger partial charge on any atom is -0.508 e. The third kappa shape index (κ3) is 4.54. The van der Waals surface area contributed by atoms with E-state index in [2.05, 4.69) is 50.7 Å². The largest absolute Gasteiger partial charge is 0.508 e. The van der Waals surface area contributed by atoms with E-state index >= 15 is 0 Å². The van der Waals surface area contributed by atoms with Crippen LogP contribution in [0.4, 0.5) is 23.3 Å². The van der Waals surface area contributed by atoms with Gasteiger partial charge in [0, 0.05) is 0 Å². The number of benzene rings is 1. The van der Waals surface area contributed by atoms with Crippen molar-refractivity contribution in [3.8, 4) is 5.75 Å². The Morgan fingerprint density at radius 2 is 1.86 bits per heavy atom. The van der Waals surface area contributed by atoms with Gasteiger partial charge in [-0.1, -0.05) is 5.22 Å². The number of phenolic OH excluding ortho intramolecular Hbond substituents is 1. The molecule has 0 aliphatic carbocycles. The van der Waals surface area contributed by atoms with Gasteiger partial charge < -0.3 is 16.6 Å². The number of hydrogen-bond acceptors (Lipinski definition) is 13. The van der Waals surface area contributed by atoms with Crippen LogP contribution in [-0.2, 0) is 4.79 Å². The zero-order valence-electron chi connectivity index (χ0n) is 14.0. The number of amides is 1. The number of hydrogen-bond donors (Lipinski definition) is 4. The van der Waals surface area contributed by atoms with Crippen LogP contribution in [0.25, 0.3) is 0 Å². The van der Waals surface area contributed by atoms with E-state index in [1.54, 1.807) is 12.1 Å². The molecule has 0 saturated heterocycles. The van der Waals surface area contributed by atoms with Crippen LogP contribution in [0, 0.1) is 0 Å². The number of nitrogens with two attached hydrogens (primary N) is 2. The second-order valence-corrected chi connectivity index (χ2v) is 5.08. The fraction of sp³-hybridized carbons (Fsp3) is 0.0769. The molecule has 0 unspecified atom stereocenters. The molecule has 0 bridgehead atoms. The second-order valence-electron chi connectivity index (χ2n) is 5.08. The number of nitrogens with one attached hydrogen (secondary N) is 1. The van der Waals surface area contributed by atoms with Crippen LogP contribution in [0.5, 0.6) is 5.75 Å². The van der Waals surface area contributed by atoms with E-state index in [0.717, 1.165) is 5.01 Å². The predicted molar refractivity (Wildman–Crippen MR) is 93.1 cm³/mol. The molecule has 1 aromatic carbocycles. The van der Waals surface area contributed by atoms with Gasteiger partial charge in [-0.05, 0) is 50.5 Å². The SMILES string of the molecule is Nc1nonc1N=NN(CC(=O)N/N=C\c1ccc(O)cc1)c1nonc1N. The average Bonchev–Trinajstić information content (AvgIpc) is 3.28. The summed E-state index contributed by atoms with van der Waals surface area (Å²) in [5.41, 5.74) is 14.1. The van der Waals surface area contributed by atoms with Crippen molar-refractivity contribution >= 4 is 35.4 Å². The van der Waals surface area contributed by atoms with Crippen LogP contribution in [0.3, 0.4) is 0 Å². The Balaban J connectivity index is 1.67. The van der Waals surface area contributed by atoms with Gasteiger partial charge in [-0.15, -0.1) is 5.11 Å². The van der Waals surface area contributed by atoms with Crippen molar-refractivity contribution in [1.82, 2.24) is 26.1 Å². The predicted octanol–water partition coefficient (Wildman–Crippen LogP) is -0.0218. The molecule has 6 N–H and O–H groups in total. The third-order valence-electron chi connectivity index (χ3n) is 3.07. The van der Waals surface area contributed by atoms with Gasteiger partial charge >= 0.3 is 0 Å². The van der Waals surface area contributed by atoms with E-state index in [9.17, 15) is 9.90 Å². The number of nitrogens with zero attached hydrogens (tertiary/aromatic N) is 8. The first-order valence-corrected chi connectivity index (χ1v) is 7.49. The molecule has 1 amide bonds. The van der Waals surface area contributed by atoms with Crippen molar-refractivity contribution in [3.05, 3.63) is 29.8 Å². The highest BCUT2D eigenvalue weighted by Crippen LogP contribution is 2.21. The summed E-state index contributed by atoms with van der Waals surface area (Å²) in [5.74, 6) is -0.850. The number of hydrazone groups is 1. The molecule has 0 saturated carbocycles. The first-order valence-electron chi connectivity index (χ1n) is 7.49. The van der Waals surface area contributed by atoms with Crippen molar-refractivity contribution < 1.29 is 19.2 Å². The number of anilines is 3. The number of nitrogen functional groups attached to an aromatic ring is 2. The van der Waals surface area contributed by atoms with Crippen molar-refractivity contribution in [1.29, 1.82) is 0 Å². The summed E-state index contributed by atoms with van der Waals surface area (Å²) < 4.78 is 8.89. The molecule has 0 fully saturated rings. The van der Waals surface area contributed by atoms with E-state index in [1.807, 2.05) is 0 Å². The summed E-state index contributed by atoms with van der Waals surface area (Å²) in [4.78, 5) is 12.1. The number of rotatable bonds is 7. The van der Waals surface area contributed by atoms with Gasteiger partial charge in [-0.2, -0.15) is 5.10 Å². The van der Waals surface area contributed by atoms with Gasteiger partial charge in [0.05, 0.1) is 6.21 Å². The van der Waals surface area contributed by atoms with E-state index < -0.39 is 5.91 Å². The standard InChI is InChI=1S/C13H13N11O4/c14-10-12(21-27-19-10)18-23-24(13-11(15)20-28-22-13)6-9(26)17-16-5-7-1-3-8(25)4-2-7/h1-5,25H,6H2,(H2,14,19)(H2,15,20)(H,17,26)/b16-5-,23-18?. The Morgan fingerprint density at radius 1 is 1.14 bits per heavy atom. The molecule has 2 aromatic heterocycles. The van der Waals surface area contributed by atoms with Gasteiger partial charge in [0.1, 0.15) is 12.3 Å². The maximum absolute atomic E-state index is 12.1. The molecule has 15 nitrogen and oxygen atoms in total. The minimum atomic E-state index is -0.581. The molecule has 144 valence electrons. The van der Waals surface area contributed by atoms with E-state index in [-0.39, 0.29) is 35.6 Å². The number of phenols is 1. The molecule has 0 radical (unpaired) electrons. The van der Waals surface area contributed by atoms with Crippen molar-refractivity contribution in [2.45, 2.75) is 0 Å². The number of carbonyl (C=O) groups is 1. The summed E-state index contributed by atoms with van der Waals surface area (Å²) in [6, 6.07) is 6.19. The lowest BCUT2D eigenvalue weighted by atomic mass is 10.2. The van der Waals surface area contributed by atoms with E-state index in [4.69, 9.17) is 11.5 Å². The monoisotopic (exact) mass is 387 g/mol. The summed E-state index contributed by atoms with van der Waals surface area (Å²) in [7, 11) is 0. The highest BCUT2D eigenvalue weighted by Gasteiger charge is 2.19. The molecule has 28 heavy (non-hydrogen) atoms. The number of aromatic nitrogens is 4. The summed E-state index contributed by atoms with van der Waals surface area (Å²) >= 11 is 0. The van der Waals surface area contributed by atoms with Gasteiger partial charge in [-0.25, -0.2) is 19.7 Å². The smallest absolute Gasteiger partial charge is 0.263 e. The minimum absolute atomic E-state index is 0.0589. The van der Waals surface area contributed by atoms with Crippen LogP contribution < -0.4 is 21.9 Å². The first kappa shape index (κ1) is 18.2. The topological polar surface area (TPSA) is 220 Å². The van der Waals surface area contributed by atoms with Crippen LogP contribution in [-0.4, -0.2) is 44.4 Å². The van der Waals surface area contributed by atoms with E-state index in [1.165, 1.54) is 18.3 Å². The molecular weight excluding hydrogens is 374 g/mol. The molecule has 0 atom stereocenters. The van der Waals surface area contributed by atoms with Crippen LogP contribution in [0.1, 0.15) is 5.56 Å². The zero-order chi connectivity index (χ0) is 19.9. The molecule has 3 rings (SSSR count). The maximum atomic E-state index is 12.1. The van der Waals surface area contributed by atoms with Gasteiger partial charge in [0.2, 0.25) is 17.5 Å². The zero-order valence-corrected chi connectivity index (χ0v) is 14.0. The van der Waals surface area contributed by atoms with E-state index in [0.29, 0.717) is 5.56 Å². The summed E-state index contributed by atoms with van der Waals surface area (Å²) in [5, 5.41) is 35.2. The van der Waals surface area contributed by atoms with Crippen molar-refractivity contribution in [2.75, 3.05) is 23.0 Å². The molecule has 2 heterocycles. The van der Waals surface area contributed by atoms with Gasteiger partial charge in [0.15, 0.2) is 0 Å². The van der Waals surface area contributed by atoms with Crippen molar-refractivity contribution in [2.24, 2.45) is 15.4 Å². The Bertz CT molecular complexity index is 994. The molecule has 0 spiro atoms. The lowest BCUT2D eigenvalue weighted by Crippen LogP contribution is -2.32. The van der Waals surface area contributed by atoms with Crippen LogP contribution in [0.2, 0.25) is 0 Å². The van der Waals surface area contributed by atoms with Crippen LogP contribution >= 0.6 is 0 Å². The highest BCUT2D eigenvalue weighted by atomic mass is 16.6. The second kappa shape index (κ2) is 8.21. The third-order valence-corrected chi connectivity index (χ3v) is 3.07. The molecule has 15 heteroatoms. The van der Waals surface area contributed by atoms with Crippen molar-refractivity contribution in [3.63, 3.8) is 0 Å².